The van der Waals surface area contributed by atoms with Crippen LogP contribution in [0.15, 0.2) is 12.1 Å². The number of benzene rings is 1. The molecular formula is C11H13ClO3. The molecule has 0 saturated heterocycles. The highest BCUT2D eigenvalue weighted by atomic mass is 35.5. The van der Waals surface area contributed by atoms with Crippen LogP contribution in [0.25, 0.3) is 0 Å². The minimum atomic E-state index is 0.00168. The highest BCUT2D eigenvalue weighted by Gasteiger charge is 2.14. The van der Waals surface area contributed by atoms with Gasteiger partial charge in [-0.05, 0) is 6.07 Å². The van der Waals surface area contributed by atoms with Gasteiger partial charge >= 0.3 is 0 Å². The molecular weight excluding hydrogens is 216 g/mol. The van der Waals surface area contributed by atoms with Crippen LogP contribution in [0.3, 0.4) is 0 Å². The van der Waals surface area contributed by atoms with E-state index in [2.05, 4.69) is 0 Å². The molecule has 3 nitrogen and oxygen atoms in total. The van der Waals surface area contributed by atoms with Crippen molar-refractivity contribution in [2.45, 2.75) is 13.3 Å². The Balaban J connectivity index is 3.28. The van der Waals surface area contributed by atoms with Crippen LogP contribution < -0.4 is 9.47 Å². The maximum Gasteiger partial charge on any atom is 0.166 e. The van der Waals surface area contributed by atoms with Crippen molar-refractivity contribution >= 4 is 17.4 Å². The van der Waals surface area contributed by atoms with Crippen LogP contribution in [-0.4, -0.2) is 20.0 Å². The fraction of sp³-hybridized carbons (Fsp3) is 0.364. The number of halogens is 1. The van der Waals surface area contributed by atoms with E-state index in [9.17, 15) is 4.79 Å². The van der Waals surface area contributed by atoms with Crippen molar-refractivity contribution in [3.63, 3.8) is 0 Å². The molecule has 0 atom stereocenters. The number of Topliss-reactive ketones (excluding diaryl/α,β-unsaturated/α-hetero) is 1. The Morgan fingerprint density at radius 2 is 1.87 bits per heavy atom. The first kappa shape index (κ1) is 11.9. The summed E-state index contributed by atoms with van der Waals surface area (Å²) in [5, 5.41) is 0.432. The minimum Gasteiger partial charge on any atom is -0.496 e. The number of methoxy groups -OCH3 is 2. The summed E-state index contributed by atoms with van der Waals surface area (Å²) in [6.07, 6.45) is 0.418. The predicted octanol–water partition coefficient (Wildman–Crippen LogP) is 2.95. The summed E-state index contributed by atoms with van der Waals surface area (Å²) in [5.74, 6) is 0.962. The summed E-state index contributed by atoms with van der Waals surface area (Å²) in [6, 6.07) is 3.19. The third-order valence-corrected chi connectivity index (χ3v) is 2.39. The monoisotopic (exact) mass is 228 g/mol. The number of carbonyl (C=O) groups is 1. The number of carbonyl (C=O) groups excluding carboxylic acids is 1. The van der Waals surface area contributed by atoms with Gasteiger partial charge in [0.15, 0.2) is 5.78 Å². The Morgan fingerprint density at radius 1 is 1.27 bits per heavy atom. The van der Waals surface area contributed by atoms with Crippen LogP contribution in [0, 0.1) is 0 Å². The molecule has 82 valence electrons. The lowest BCUT2D eigenvalue weighted by Crippen LogP contribution is -2.01. The van der Waals surface area contributed by atoms with Gasteiger partial charge in [0.05, 0.1) is 24.8 Å². The molecule has 0 saturated carbocycles. The van der Waals surface area contributed by atoms with Crippen LogP contribution in [0.5, 0.6) is 11.5 Å². The third kappa shape index (κ3) is 2.42. The van der Waals surface area contributed by atoms with Crippen molar-refractivity contribution in [3.8, 4) is 11.5 Å². The Bertz CT molecular complexity index is 374. The van der Waals surface area contributed by atoms with E-state index in [-0.39, 0.29) is 5.78 Å². The molecule has 0 aliphatic carbocycles. The second kappa shape index (κ2) is 5.03. The molecule has 1 aromatic rings. The molecule has 0 unspecified atom stereocenters. The minimum absolute atomic E-state index is 0.00168. The highest BCUT2D eigenvalue weighted by Crippen LogP contribution is 2.32. The summed E-state index contributed by atoms with van der Waals surface area (Å²) in [5.41, 5.74) is 0.501. The zero-order chi connectivity index (χ0) is 11.4. The summed E-state index contributed by atoms with van der Waals surface area (Å²) in [7, 11) is 3.01. The van der Waals surface area contributed by atoms with Crippen molar-refractivity contribution in [2.24, 2.45) is 0 Å². The van der Waals surface area contributed by atoms with E-state index in [1.165, 1.54) is 14.2 Å². The van der Waals surface area contributed by atoms with Gasteiger partial charge < -0.3 is 9.47 Å². The molecule has 0 bridgehead atoms. The molecule has 1 rings (SSSR count). The molecule has 0 fully saturated rings. The lowest BCUT2D eigenvalue weighted by molar-refractivity contribution is 0.0985. The van der Waals surface area contributed by atoms with E-state index in [0.717, 1.165) is 0 Å². The molecule has 0 aliphatic heterocycles. The van der Waals surface area contributed by atoms with Crippen molar-refractivity contribution in [2.75, 3.05) is 14.2 Å². The van der Waals surface area contributed by atoms with Crippen LogP contribution in [0.1, 0.15) is 23.7 Å². The first-order chi connectivity index (χ1) is 7.13. The lowest BCUT2D eigenvalue weighted by atomic mass is 10.1. The normalized spacial score (nSPS) is 9.87. The van der Waals surface area contributed by atoms with Gasteiger partial charge in [-0.3, -0.25) is 4.79 Å². The molecule has 0 amide bonds. The second-order valence-electron chi connectivity index (χ2n) is 2.96. The third-order valence-electron chi connectivity index (χ3n) is 2.10. The van der Waals surface area contributed by atoms with Crippen molar-refractivity contribution in [3.05, 3.63) is 22.7 Å². The van der Waals surface area contributed by atoms with Gasteiger partial charge in [0.2, 0.25) is 0 Å². The van der Waals surface area contributed by atoms with Gasteiger partial charge in [-0.1, -0.05) is 18.5 Å². The molecule has 0 aliphatic rings. The second-order valence-corrected chi connectivity index (χ2v) is 3.37. The average Bonchev–Trinajstić information content (AvgIpc) is 2.27. The number of ketones is 1. The van der Waals surface area contributed by atoms with Gasteiger partial charge in [-0.25, -0.2) is 0 Å². The van der Waals surface area contributed by atoms with Crippen LogP contribution in [-0.2, 0) is 0 Å². The van der Waals surface area contributed by atoms with Crippen molar-refractivity contribution in [1.82, 2.24) is 0 Å². The Hall–Kier alpha value is -1.22. The molecule has 0 N–H and O–H groups in total. The Kier molecular flexibility index (Phi) is 3.97. The van der Waals surface area contributed by atoms with Gasteiger partial charge in [-0.15, -0.1) is 0 Å². The molecule has 1 aromatic carbocycles. The van der Waals surface area contributed by atoms with Crippen molar-refractivity contribution in [1.29, 1.82) is 0 Å². The van der Waals surface area contributed by atoms with E-state index in [4.69, 9.17) is 21.1 Å². The van der Waals surface area contributed by atoms with Gasteiger partial charge in [0.1, 0.15) is 11.5 Å². The fourth-order valence-electron chi connectivity index (χ4n) is 1.27. The van der Waals surface area contributed by atoms with E-state index in [1.807, 2.05) is 0 Å². The van der Waals surface area contributed by atoms with E-state index in [0.29, 0.717) is 28.5 Å². The van der Waals surface area contributed by atoms with Crippen LogP contribution in [0.4, 0.5) is 0 Å². The Morgan fingerprint density at radius 3 is 2.33 bits per heavy atom. The molecule has 0 aromatic heterocycles. The number of hydrogen-bond acceptors (Lipinski definition) is 3. The lowest BCUT2D eigenvalue weighted by Gasteiger charge is -2.10. The van der Waals surface area contributed by atoms with E-state index >= 15 is 0 Å². The summed E-state index contributed by atoms with van der Waals surface area (Å²) in [4.78, 5) is 11.6. The first-order valence-corrected chi connectivity index (χ1v) is 4.96. The van der Waals surface area contributed by atoms with E-state index < -0.39 is 0 Å². The smallest absolute Gasteiger partial charge is 0.166 e. The number of ether oxygens (including phenoxy) is 2. The van der Waals surface area contributed by atoms with Gasteiger partial charge in [0.25, 0.3) is 0 Å². The Labute approximate surface area is 93.9 Å². The first-order valence-electron chi connectivity index (χ1n) is 4.58. The van der Waals surface area contributed by atoms with Crippen molar-refractivity contribution < 1.29 is 14.3 Å². The SMILES string of the molecule is CCC(=O)c1cc(OC)c(Cl)cc1OC. The number of rotatable bonds is 4. The summed E-state index contributed by atoms with van der Waals surface area (Å²) < 4.78 is 10.1. The zero-order valence-corrected chi connectivity index (χ0v) is 9.72. The largest absolute Gasteiger partial charge is 0.496 e. The van der Waals surface area contributed by atoms with Crippen LogP contribution in [0.2, 0.25) is 5.02 Å². The number of hydrogen-bond donors (Lipinski definition) is 0. The molecule has 15 heavy (non-hydrogen) atoms. The quantitative estimate of drug-likeness (QED) is 0.744. The molecule has 4 heteroatoms. The maximum absolute atomic E-state index is 11.6. The molecule has 0 radical (unpaired) electrons. The average molecular weight is 229 g/mol. The fourth-order valence-corrected chi connectivity index (χ4v) is 1.50. The summed E-state index contributed by atoms with van der Waals surface area (Å²) in [6.45, 7) is 1.79. The summed E-state index contributed by atoms with van der Waals surface area (Å²) >= 11 is 5.91. The maximum atomic E-state index is 11.6. The van der Waals surface area contributed by atoms with E-state index in [1.54, 1.807) is 19.1 Å². The predicted molar refractivity (Wildman–Crippen MR) is 59.2 cm³/mol. The topological polar surface area (TPSA) is 35.5 Å². The van der Waals surface area contributed by atoms with Gasteiger partial charge in [0, 0.05) is 12.5 Å². The molecule has 0 heterocycles. The van der Waals surface area contributed by atoms with Gasteiger partial charge in [-0.2, -0.15) is 0 Å². The highest BCUT2D eigenvalue weighted by molar-refractivity contribution is 6.32. The standard InChI is InChI=1S/C11H13ClO3/c1-4-9(13)7-5-11(15-3)8(12)6-10(7)14-2/h5-6H,4H2,1-3H3. The molecule has 0 spiro atoms. The zero-order valence-electron chi connectivity index (χ0n) is 8.96. The van der Waals surface area contributed by atoms with Crippen LogP contribution >= 0.6 is 11.6 Å².